The van der Waals surface area contributed by atoms with Crippen LogP contribution in [0.2, 0.25) is 0 Å². The molecule has 1 heterocycles. The van der Waals surface area contributed by atoms with E-state index in [0.29, 0.717) is 6.61 Å². The summed E-state index contributed by atoms with van der Waals surface area (Å²) < 4.78 is 5.78. The molecule has 19 heavy (non-hydrogen) atoms. The molecule has 0 aliphatic carbocycles. The summed E-state index contributed by atoms with van der Waals surface area (Å²) in [6.07, 6.45) is 4.71. The fourth-order valence-corrected chi connectivity index (χ4v) is 1.80. The van der Waals surface area contributed by atoms with Crippen LogP contribution in [0.1, 0.15) is 24.5 Å². The molecular formula is C16H20N2O. The van der Waals surface area contributed by atoms with Crippen LogP contribution in [0.3, 0.4) is 0 Å². The Bertz CT molecular complexity index is 485. The summed E-state index contributed by atoms with van der Waals surface area (Å²) in [6, 6.07) is 12.2. The Kier molecular flexibility index (Phi) is 5.38. The fraction of sp³-hybridized carbons (Fsp3) is 0.312. The Morgan fingerprint density at radius 3 is 2.74 bits per heavy atom. The molecule has 0 saturated carbocycles. The first kappa shape index (κ1) is 13.6. The van der Waals surface area contributed by atoms with Crippen molar-refractivity contribution in [3.8, 4) is 5.75 Å². The van der Waals surface area contributed by atoms with Crippen molar-refractivity contribution in [1.82, 2.24) is 10.3 Å². The molecular weight excluding hydrogens is 236 g/mol. The van der Waals surface area contributed by atoms with Crippen molar-refractivity contribution < 1.29 is 4.74 Å². The molecule has 0 fully saturated rings. The van der Waals surface area contributed by atoms with Crippen LogP contribution in [-0.2, 0) is 13.2 Å². The van der Waals surface area contributed by atoms with Gasteiger partial charge in [-0.05, 0) is 48.4 Å². The maximum atomic E-state index is 5.78. The Morgan fingerprint density at radius 2 is 1.95 bits per heavy atom. The first-order valence-electron chi connectivity index (χ1n) is 6.70. The van der Waals surface area contributed by atoms with Crippen molar-refractivity contribution in [2.45, 2.75) is 26.5 Å². The standard InChI is InChI=1S/C16H20N2O/c1-2-8-18-12-15-4-3-5-16(11-15)19-13-14-6-9-17-10-7-14/h3-7,9-11,18H,2,8,12-13H2,1H3. The second-order valence-corrected chi connectivity index (χ2v) is 4.47. The average molecular weight is 256 g/mol. The third kappa shape index (κ3) is 4.72. The lowest BCUT2D eigenvalue weighted by Crippen LogP contribution is -2.13. The Hall–Kier alpha value is -1.87. The predicted octanol–water partition coefficient (Wildman–Crippen LogP) is 3.16. The van der Waals surface area contributed by atoms with Crippen LogP contribution >= 0.6 is 0 Å². The minimum Gasteiger partial charge on any atom is -0.489 e. The first-order chi connectivity index (χ1) is 9.38. The minimum absolute atomic E-state index is 0.578. The molecule has 100 valence electrons. The lowest BCUT2D eigenvalue weighted by atomic mass is 10.2. The van der Waals surface area contributed by atoms with E-state index < -0.39 is 0 Å². The molecule has 0 unspecified atom stereocenters. The molecule has 0 bridgehead atoms. The summed E-state index contributed by atoms with van der Waals surface area (Å²) in [5.74, 6) is 0.910. The summed E-state index contributed by atoms with van der Waals surface area (Å²) in [4.78, 5) is 3.99. The van der Waals surface area contributed by atoms with Crippen molar-refractivity contribution in [2.24, 2.45) is 0 Å². The van der Waals surface area contributed by atoms with Crippen molar-refractivity contribution >= 4 is 0 Å². The number of rotatable bonds is 7. The molecule has 0 amide bonds. The van der Waals surface area contributed by atoms with E-state index in [1.807, 2.05) is 24.3 Å². The molecule has 0 radical (unpaired) electrons. The van der Waals surface area contributed by atoms with E-state index in [1.54, 1.807) is 12.4 Å². The van der Waals surface area contributed by atoms with Gasteiger partial charge in [-0.2, -0.15) is 0 Å². The molecule has 0 spiro atoms. The summed E-state index contributed by atoms with van der Waals surface area (Å²) in [6.45, 7) is 4.68. The third-order valence-electron chi connectivity index (χ3n) is 2.81. The minimum atomic E-state index is 0.578. The number of nitrogens with zero attached hydrogens (tertiary/aromatic N) is 1. The van der Waals surface area contributed by atoms with E-state index in [4.69, 9.17) is 4.74 Å². The second kappa shape index (κ2) is 7.54. The van der Waals surface area contributed by atoms with E-state index in [1.165, 1.54) is 5.56 Å². The van der Waals surface area contributed by atoms with Crippen molar-refractivity contribution in [3.05, 3.63) is 59.9 Å². The quantitative estimate of drug-likeness (QED) is 0.773. The number of hydrogen-bond donors (Lipinski definition) is 1. The van der Waals surface area contributed by atoms with Gasteiger partial charge in [-0.15, -0.1) is 0 Å². The van der Waals surface area contributed by atoms with Gasteiger partial charge in [0.05, 0.1) is 0 Å². The monoisotopic (exact) mass is 256 g/mol. The number of hydrogen-bond acceptors (Lipinski definition) is 3. The van der Waals surface area contributed by atoms with Crippen molar-refractivity contribution in [2.75, 3.05) is 6.54 Å². The van der Waals surface area contributed by atoms with E-state index >= 15 is 0 Å². The molecule has 1 aromatic heterocycles. The number of aromatic nitrogens is 1. The Labute approximate surface area is 114 Å². The summed E-state index contributed by atoms with van der Waals surface area (Å²) in [7, 11) is 0. The van der Waals surface area contributed by atoms with Gasteiger partial charge in [0, 0.05) is 18.9 Å². The van der Waals surface area contributed by atoms with Gasteiger partial charge in [0.15, 0.2) is 0 Å². The van der Waals surface area contributed by atoms with Gasteiger partial charge in [-0.3, -0.25) is 4.98 Å². The van der Waals surface area contributed by atoms with Crippen LogP contribution in [0.4, 0.5) is 0 Å². The summed E-state index contributed by atoms with van der Waals surface area (Å²) in [5, 5.41) is 3.39. The van der Waals surface area contributed by atoms with E-state index in [9.17, 15) is 0 Å². The predicted molar refractivity (Wildman–Crippen MR) is 77.0 cm³/mol. The molecule has 2 rings (SSSR count). The van der Waals surface area contributed by atoms with Crippen LogP contribution in [0.25, 0.3) is 0 Å². The highest BCUT2D eigenvalue weighted by Crippen LogP contribution is 2.15. The molecule has 1 aromatic carbocycles. The maximum Gasteiger partial charge on any atom is 0.120 e. The molecule has 0 aliphatic rings. The highest BCUT2D eigenvalue weighted by atomic mass is 16.5. The summed E-state index contributed by atoms with van der Waals surface area (Å²) >= 11 is 0. The smallest absolute Gasteiger partial charge is 0.120 e. The van der Waals surface area contributed by atoms with Crippen molar-refractivity contribution in [3.63, 3.8) is 0 Å². The van der Waals surface area contributed by atoms with Crippen LogP contribution in [0.5, 0.6) is 5.75 Å². The lowest BCUT2D eigenvalue weighted by Gasteiger charge is -2.08. The zero-order valence-corrected chi connectivity index (χ0v) is 11.3. The molecule has 0 saturated heterocycles. The van der Waals surface area contributed by atoms with Crippen LogP contribution in [0, 0.1) is 0 Å². The number of pyridine rings is 1. The van der Waals surface area contributed by atoms with E-state index in [0.717, 1.165) is 30.8 Å². The fourth-order valence-electron chi connectivity index (χ4n) is 1.80. The number of benzene rings is 1. The normalized spacial score (nSPS) is 10.4. The topological polar surface area (TPSA) is 34.1 Å². The molecule has 2 aromatic rings. The van der Waals surface area contributed by atoms with Crippen LogP contribution < -0.4 is 10.1 Å². The third-order valence-corrected chi connectivity index (χ3v) is 2.81. The largest absolute Gasteiger partial charge is 0.489 e. The van der Waals surface area contributed by atoms with Gasteiger partial charge in [0.2, 0.25) is 0 Å². The van der Waals surface area contributed by atoms with Crippen LogP contribution in [-0.4, -0.2) is 11.5 Å². The maximum absolute atomic E-state index is 5.78. The zero-order valence-electron chi connectivity index (χ0n) is 11.3. The summed E-state index contributed by atoms with van der Waals surface area (Å²) in [5.41, 5.74) is 2.38. The van der Waals surface area contributed by atoms with E-state index in [2.05, 4.69) is 29.4 Å². The van der Waals surface area contributed by atoms with Gasteiger partial charge < -0.3 is 10.1 Å². The Morgan fingerprint density at radius 1 is 1.11 bits per heavy atom. The second-order valence-electron chi connectivity index (χ2n) is 4.47. The van der Waals surface area contributed by atoms with Crippen LogP contribution in [0.15, 0.2) is 48.8 Å². The highest BCUT2D eigenvalue weighted by molar-refractivity contribution is 5.28. The van der Waals surface area contributed by atoms with Gasteiger partial charge in [-0.1, -0.05) is 19.1 Å². The highest BCUT2D eigenvalue weighted by Gasteiger charge is 1.98. The zero-order chi connectivity index (χ0) is 13.3. The van der Waals surface area contributed by atoms with Gasteiger partial charge >= 0.3 is 0 Å². The number of nitrogens with one attached hydrogen (secondary N) is 1. The average Bonchev–Trinajstić information content (AvgIpc) is 2.47. The SMILES string of the molecule is CCCNCc1cccc(OCc2ccncc2)c1. The molecule has 3 nitrogen and oxygen atoms in total. The van der Waals surface area contributed by atoms with Gasteiger partial charge in [0.25, 0.3) is 0 Å². The van der Waals surface area contributed by atoms with Crippen molar-refractivity contribution in [1.29, 1.82) is 0 Å². The molecule has 0 atom stereocenters. The van der Waals surface area contributed by atoms with Gasteiger partial charge in [0.1, 0.15) is 12.4 Å². The first-order valence-corrected chi connectivity index (χ1v) is 6.70. The lowest BCUT2D eigenvalue weighted by molar-refractivity contribution is 0.305. The van der Waals surface area contributed by atoms with Gasteiger partial charge in [-0.25, -0.2) is 0 Å². The molecule has 0 aliphatic heterocycles. The Balaban J connectivity index is 1.88. The molecule has 1 N–H and O–H groups in total. The van der Waals surface area contributed by atoms with E-state index in [-0.39, 0.29) is 0 Å². The molecule has 3 heteroatoms. The number of ether oxygens (including phenoxy) is 1.